The van der Waals surface area contributed by atoms with E-state index in [-0.39, 0.29) is 48.9 Å². The van der Waals surface area contributed by atoms with Gasteiger partial charge in [0.1, 0.15) is 16.7 Å². The Labute approximate surface area is 302 Å². The van der Waals surface area contributed by atoms with Crippen molar-refractivity contribution in [1.82, 2.24) is 4.98 Å². The first kappa shape index (κ1) is 36.3. The molecule has 0 spiro atoms. The maximum atomic E-state index is 11.7. The maximum Gasteiger partial charge on any atom is 0.162 e. The van der Waals surface area contributed by atoms with Gasteiger partial charge in [-0.1, -0.05) is 90.3 Å². The van der Waals surface area contributed by atoms with Crippen LogP contribution in [0.4, 0.5) is 0 Å². The molecule has 0 aliphatic heterocycles. The van der Waals surface area contributed by atoms with Crippen molar-refractivity contribution < 1.29 is 38.8 Å². The molecule has 0 aliphatic carbocycles. The molecule has 0 saturated carbocycles. The Hall–Kier alpha value is -3.99. The number of ketones is 1. The molecule has 0 unspecified atom stereocenters. The minimum Gasteiger partial charge on any atom is -0.512 e. The number of allylic oxidation sites excluding steroid dienone is 2. The topological polar surface area (TPSA) is 76.5 Å². The summed E-state index contributed by atoms with van der Waals surface area (Å²) < 4.78 is 13.2. The Kier molecular flexibility index (Phi) is 11.0. The van der Waals surface area contributed by atoms with E-state index in [9.17, 15) is 9.90 Å². The van der Waals surface area contributed by atoms with Gasteiger partial charge in [0.25, 0.3) is 0 Å². The molecular weight excluding hydrogens is 787 g/mol. The molecule has 49 heavy (non-hydrogen) atoms. The maximum absolute atomic E-state index is 11.7. The first-order chi connectivity index (χ1) is 23.0. The Morgan fingerprint density at radius 3 is 2.14 bits per heavy atom. The molecule has 0 amide bonds. The predicted octanol–water partition coefficient (Wildman–Crippen LogP) is 12.4. The van der Waals surface area contributed by atoms with Crippen LogP contribution < -0.4 is 0 Å². The molecule has 1 N–H and O–H groups in total. The normalized spacial score (nSPS) is 12.5. The van der Waals surface area contributed by atoms with Crippen LogP contribution in [0.2, 0.25) is 0 Å². The minimum absolute atomic E-state index is 0. The zero-order valence-corrected chi connectivity index (χ0v) is 32.0. The van der Waals surface area contributed by atoms with E-state index in [4.69, 9.17) is 13.8 Å². The number of aromatic nitrogens is 1. The monoisotopic (exact) mass is 833 g/mol. The predicted molar refractivity (Wildman–Crippen MR) is 200 cm³/mol. The number of pyridine rings is 1. The third kappa shape index (κ3) is 7.32. The standard InChI is InChI=1S/C30H22NO2.C13H24O2.Ir/c1-30(2,3)16-17-12-23-27-24(13-17)33-29-20-10-6-4-8-18(20)14-21(26(27)29)28-25(32-23)15-19-9-5-7-11-22(19)31-28;1-5-10(6-2)12(14)9-13(15)11(7-3)8-4;/h4-13,15H,16H2,1-3H3;9-11,14H,5-8H2,1-4H3;/q-1;;/b;12-9-;. The Balaban J connectivity index is 0.000000252. The van der Waals surface area contributed by atoms with Crippen molar-refractivity contribution in [2.75, 3.05) is 0 Å². The van der Waals surface area contributed by atoms with Crippen LogP contribution in [-0.4, -0.2) is 15.9 Å². The molecule has 6 heteroatoms. The molecule has 4 aromatic carbocycles. The molecule has 3 aromatic heterocycles. The quantitative estimate of drug-likeness (QED) is 0.0938. The molecule has 0 fully saturated rings. The second-order valence-electron chi connectivity index (χ2n) is 14.2. The van der Waals surface area contributed by atoms with Crippen molar-refractivity contribution in [2.45, 2.75) is 80.6 Å². The SMILES string of the molecule is CC(C)(C)Cc1cc2oc3cc4ccccc4nc3c3[c-]c4ccccc4c4oc(c1)c2c34.CCC(CC)C(=O)/C=C(\O)C(CC)CC.[Ir]. The number of furan rings is 1. The van der Waals surface area contributed by atoms with E-state index in [0.29, 0.717) is 0 Å². The number of hydrogen-bond donors (Lipinski definition) is 1. The fraction of sp³-hybridized carbons (Fsp3) is 0.349. The molecule has 0 bridgehead atoms. The van der Waals surface area contributed by atoms with Crippen molar-refractivity contribution in [3.63, 3.8) is 0 Å². The molecule has 0 atom stereocenters. The van der Waals surface area contributed by atoms with Crippen LogP contribution in [0.15, 0.2) is 87.4 Å². The van der Waals surface area contributed by atoms with Gasteiger partial charge in [0.2, 0.25) is 0 Å². The molecule has 257 valence electrons. The number of fused-ring (bicyclic) bond motifs is 5. The smallest absolute Gasteiger partial charge is 0.162 e. The van der Waals surface area contributed by atoms with Crippen molar-refractivity contribution in [1.29, 1.82) is 0 Å². The molecular formula is C43H46IrNO4-. The van der Waals surface area contributed by atoms with Gasteiger partial charge in [-0.2, -0.15) is 0 Å². The molecule has 7 rings (SSSR count). The van der Waals surface area contributed by atoms with Gasteiger partial charge >= 0.3 is 0 Å². The number of aliphatic hydroxyl groups excluding tert-OH is 1. The van der Waals surface area contributed by atoms with Gasteiger partial charge in [0.15, 0.2) is 5.78 Å². The van der Waals surface area contributed by atoms with Crippen LogP contribution in [-0.2, 0) is 31.3 Å². The summed E-state index contributed by atoms with van der Waals surface area (Å²) in [6, 6.07) is 26.5. The molecule has 7 aromatic rings. The fourth-order valence-electron chi connectivity index (χ4n) is 6.88. The summed E-state index contributed by atoms with van der Waals surface area (Å²) in [5.41, 5.74) is 6.40. The summed E-state index contributed by atoms with van der Waals surface area (Å²) >= 11 is 0. The Morgan fingerprint density at radius 2 is 1.47 bits per heavy atom. The zero-order chi connectivity index (χ0) is 34.2. The number of rotatable bonds is 8. The van der Waals surface area contributed by atoms with Gasteiger partial charge in [-0.25, -0.2) is 0 Å². The van der Waals surface area contributed by atoms with Crippen LogP contribution in [0.25, 0.3) is 65.7 Å². The van der Waals surface area contributed by atoms with Gasteiger partial charge in [0, 0.05) is 54.3 Å². The summed E-state index contributed by atoms with van der Waals surface area (Å²) in [6.45, 7) is 14.8. The zero-order valence-electron chi connectivity index (χ0n) is 29.6. The largest absolute Gasteiger partial charge is 0.512 e. The number of para-hydroxylation sites is 1. The fourth-order valence-corrected chi connectivity index (χ4v) is 6.88. The van der Waals surface area contributed by atoms with Gasteiger partial charge in [-0.15, -0.1) is 17.5 Å². The van der Waals surface area contributed by atoms with E-state index in [0.717, 1.165) is 97.8 Å². The minimum atomic E-state index is 0. The van der Waals surface area contributed by atoms with E-state index in [1.165, 1.54) is 11.6 Å². The molecule has 1 radical (unpaired) electrons. The molecule has 3 heterocycles. The summed E-state index contributed by atoms with van der Waals surface area (Å²) in [7, 11) is 0. The number of nitrogens with zero attached hydrogens (tertiary/aromatic N) is 1. The van der Waals surface area contributed by atoms with Crippen LogP contribution in [0.3, 0.4) is 0 Å². The molecule has 0 saturated heterocycles. The third-order valence-electron chi connectivity index (χ3n) is 9.46. The Bertz CT molecular complexity index is 2290. The summed E-state index contributed by atoms with van der Waals surface area (Å²) in [5, 5.41) is 15.9. The van der Waals surface area contributed by atoms with Gasteiger partial charge in [-0.3, -0.25) is 9.78 Å². The Morgan fingerprint density at radius 1 is 0.837 bits per heavy atom. The van der Waals surface area contributed by atoms with Crippen LogP contribution >= 0.6 is 0 Å². The van der Waals surface area contributed by atoms with Gasteiger partial charge in [0.05, 0.1) is 16.9 Å². The second-order valence-corrected chi connectivity index (χ2v) is 14.2. The van der Waals surface area contributed by atoms with Crippen molar-refractivity contribution in [3.8, 4) is 0 Å². The first-order valence-corrected chi connectivity index (χ1v) is 17.4. The van der Waals surface area contributed by atoms with Crippen molar-refractivity contribution in [3.05, 3.63) is 90.2 Å². The average Bonchev–Trinajstić information content (AvgIpc) is 3.38. The number of benzene rings is 4. The van der Waals surface area contributed by atoms with E-state index in [2.05, 4.69) is 63.2 Å². The number of carbonyl (C=O) groups is 1. The number of aliphatic hydroxyl groups is 1. The van der Waals surface area contributed by atoms with Crippen molar-refractivity contribution in [2.24, 2.45) is 17.3 Å². The van der Waals surface area contributed by atoms with Crippen molar-refractivity contribution >= 4 is 71.5 Å². The van der Waals surface area contributed by atoms with Crippen LogP contribution in [0.5, 0.6) is 0 Å². The summed E-state index contributed by atoms with van der Waals surface area (Å²) in [4.78, 5) is 16.8. The van der Waals surface area contributed by atoms with Crippen LogP contribution in [0.1, 0.15) is 79.7 Å². The van der Waals surface area contributed by atoms with Gasteiger partial charge in [-0.05, 0) is 78.1 Å². The second kappa shape index (κ2) is 14.9. The average molecular weight is 833 g/mol. The summed E-state index contributed by atoms with van der Waals surface area (Å²) in [6.07, 6.45) is 5.84. The molecule has 0 aliphatic rings. The van der Waals surface area contributed by atoms with E-state index < -0.39 is 0 Å². The van der Waals surface area contributed by atoms with E-state index >= 15 is 0 Å². The molecule has 5 nitrogen and oxygen atoms in total. The van der Waals surface area contributed by atoms with Gasteiger partial charge < -0.3 is 13.9 Å². The first-order valence-electron chi connectivity index (χ1n) is 17.4. The number of hydrogen-bond acceptors (Lipinski definition) is 5. The summed E-state index contributed by atoms with van der Waals surface area (Å²) in [5.74, 6) is 0.547. The van der Waals surface area contributed by atoms with Crippen LogP contribution in [0, 0.1) is 23.3 Å². The third-order valence-corrected chi connectivity index (χ3v) is 9.46. The number of carbonyl (C=O) groups excluding carboxylic acids is 1. The van der Waals surface area contributed by atoms with E-state index in [1.54, 1.807) is 0 Å². The van der Waals surface area contributed by atoms with E-state index in [1.807, 2.05) is 58.0 Å².